The van der Waals surface area contributed by atoms with E-state index in [9.17, 15) is 4.79 Å². The van der Waals surface area contributed by atoms with Crippen molar-refractivity contribution in [2.24, 2.45) is 5.10 Å². The van der Waals surface area contributed by atoms with Crippen molar-refractivity contribution in [3.63, 3.8) is 0 Å². The average Bonchev–Trinajstić information content (AvgIpc) is 2.55. The van der Waals surface area contributed by atoms with Crippen molar-refractivity contribution in [2.75, 3.05) is 6.61 Å². The van der Waals surface area contributed by atoms with Crippen molar-refractivity contribution in [1.29, 1.82) is 0 Å². The smallest absolute Gasteiger partial charge is 0.272 e. The summed E-state index contributed by atoms with van der Waals surface area (Å²) in [7, 11) is 0. The molecule has 0 atom stereocenters. The van der Waals surface area contributed by atoms with Crippen molar-refractivity contribution in [3.8, 4) is 5.75 Å². The summed E-state index contributed by atoms with van der Waals surface area (Å²) >= 11 is 11.8. The number of ether oxygens (including phenoxy) is 1. The second-order valence-electron chi connectivity index (χ2n) is 5.10. The summed E-state index contributed by atoms with van der Waals surface area (Å²) < 4.78 is 5.63. The van der Waals surface area contributed by atoms with Gasteiger partial charge in [-0.15, -0.1) is 0 Å². The third-order valence-electron chi connectivity index (χ3n) is 3.18. The molecular formula is C18H18Cl2N2O2. The topological polar surface area (TPSA) is 50.7 Å². The summed E-state index contributed by atoms with van der Waals surface area (Å²) in [6, 6.07) is 12.2. The monoisotopic (exact) mass is 364 g/mol. The molecule has 0 aliphatic rings. The zero-order valence-corrected chi connectivity index (χ0v) is 14.8. The molecule has 0 aromatic heterocycles. The molecule has 126 valence electrons. The fraction of sp³-hybridized carbons (Fsp3) is 0.222. The van der Waals surface area contributed by atoms with Crippen LogP contribution in [0.25, 0.3) is 0 Å². The van der Waals surface area contributed by atoms with Crippen LogP contribution in [0.5, 0.6) is 5.75 Å². The Morgan fingerprint density at radius 3 is 2.83 bits per heavy atom. The van der Waals surface area contributed by atoms with Crippen molar-refractivity contribution in [1.82, 2.24) is 5.43 Å². The maximum absolute atomic E-state index is 12.0. The predicted octanol–water partition coefficient (Wildman–Crippen LogP) is 4.94. The van der Waals surface area contributed by atoms with Crippen molar-refractivity contribution < 1.29 is 9.53 Å². The minimum absolute atomic E-state index is 0.279. The summed E-state index contributed by atoms with van der Waals surface area (Å²) in [5, 5.41) is 4.70. The van der Waals surface area contributed by atoms with Gasteiger partial charge >= 0.3 is 0 Å². The number of carbonyl (C=O) groups is 1. The molecule has 4 nitrogen and oxygen atoms in total. The Kier molecular flexibility index (Phi) is 7.09. The van der Waals surface area contributed by atoms with Crippen LogP contribution in [0.15, 0.2) is 47.6 Å². The number of halogens is 2. The first-order chi connectivity index (χ1) is 11.6. The Hall–Kier alpha value is -2.04. The first-order valence-corrected chi connectivity index (χ1v) is 8.37. The number of carbonyl (C=O) groups excluding carboxylic acids is 1. The van der Waals surface area contributed by atoms with E-state index >= 15 is 0 Å². The van der Waals surface area contributed by atoms with Crippen LogP contribution in [-0.2, 0) is 0 Å². The summed E-state index contributed by atoms with van der Waals surface area (Å²) in [4.78, 5) is 12.0. The van der Waals surface area contributed by atoms with Gasteiger partial charge < -0.3 is 4.74 Å². The summed E-state index contributed by atoms with van der Waals surface area (Å²) in [6.07, 6.45) is 3.64. The largest absolute Gasteiger partial charge is 0.494 e. The molecule has 0 aliphatic carbocycles. The van der Waals surface area contributed by atoms with Gasteiger partial charge in [0.25, 0.3) is 5.91 Å². The lowest BCUT2D eigenvalue weighted by molar-refractivity contribution is 0.0955. The Balaban J connectivity index is 1.96. The molecule has 0 fully saturated rings. The molecule has 0 spiro atoms. The van der Waals surface area contributed by atoms with Crippen LogP contribution >= 0.6 is 23.2 Å². The number of hydrogen-bond acceptors (Lipinski definition) is 3. The highest BCUT2D eigenvalue weighted by molar-refractivity contribution is 6.36. The van der Waals surface area contributed by atoms with Crippen molar-refractivity contribution in [3.05, 3.63) is 63.6 Å². The van der Waals surface area contributed by atoms with Crippen molar-refractivity contribution in [2.45, 2.75) is 19.8 Å². The molecule has 1 amide bonds. The molecule has 6 heteroatoms. The van der Waals surface area contributed by atoms with Crippen LogP contribution in [-0.4, -0.2) is 18.7 Å². The molecule has 0 bridgehead atoms. The lowest BCUT2D eigenvalue weighted by atomic mass is 10.2. The number of nitrogens with zero attached hydrogens (tertiary/aromatic N) is 1. The van der Waals surface area contributed by atoms with Gasteiger partial charge in [-0.05, 0) is 42.3 Å². The molecule has 0 heterocycles. The van der Waals surface area contributed by atoms with Gasteiger partial charge in [0.2, 0.25) is 0 Å². The highest BCUT2D eigenvalue weighted by Gasteiger charge is 2.09. The SMILES string of the molecule is CCCCOc1cccc(/C=N/NC(=O)c2ccc(Cl)cc2Cl)c1. The van der Waals surface area contributed by atoms with Crippen LogP contribution in [0.4, 0.5) is 0 Å². The number of hydrazone groups is 1. The molecule has 24 heavy (non-hydrogen) atoms. The Bertz CT molecular complexity index is 733. The molecule has 2 aromatic carbocycles. The molecule has 1 N–H and O–H groups in total. The van der Waals surface area contributed by atoms with Gasteiger partial charge in [-0.25, -0.2) is 5.43 Å². The molecule has 0 saturated carbocycles. The van der Waals surface area contributed by atoms with E-state index in [2.05, 4.69) is 17.5 Å². The number of amides is 1. The molecule has 0 radical (unpaired) electrons. The molecule has 2 rings (SSSR count). The minimum Gasteiger partial charge on any atom is -0.494 e. The first-order valence-electron chi connectivity index (χ1n) is 7.61. The predicted molar refractivity (Wildman–Crippen MR) is 98.4 cm³/mol. The standard InChI is InChI=1S/C18H18Cl2N2O2/c1-2-3-9-24-15-6-4-5-13(10-15)12-21-22-18(23)16-8-7-14(19)11-17(16)20/h4-8,10-12H,2-3,9H2,1H3,(H,22,23)/b21-12+. The maximum atomic E-state index is 12.0. The van der Waals surface area contributed by atoms with Gasteiger partial charge in [0.05, 0.1) is 23.4 Å². The Labute approximate surface area is 151 Å². The van der Waals surface area contributed by atoms with Crippen LogP contribution in [0.2, 0.25) is 10.0 Å². The second kappa shape index (κ2) is 9.30. The van der Waals surface area contributed by atoms with Crippen LogP contribution in [0.3, 0.4) is 0 Å². The van der Waals surface area contributed by atoms with Crippen LogP contribution in [0, 0.1) is 0 Å². The lowest BCUT2D eigenvalue weighted by Gasteiger charge is -2.05. The average molecular weight is 365 g/mol. The van der Waals surface area contributed by atoms with E-state index in [0.29, 0.717) is 17.2 Å². The minimum atomic E-state index is -0.400. The van der Waals surface area contributed by atoms with E-state index in [1.54, 1.807) is 18.3 Å². The quantitative estimate of drug-likeness (QED) is 0.429. The number of unbranched alkanes of at least 4 members (excludes halogenated alkanes) is 1. The Morgan fingerprint density at radius 2 is 2.08 bits per heavy atom. The lowest BCUT2D eigenvalue weighted by Crippen LogP contribution is -2.18. The molecule has 0 aliphatic heterocycles. The first kappa shape index (κ1) is 18.3. The third-order valence-corrected chi connectivity index (χ3v) is 3.73. The van der Waals surface area contributed by atoms with E-state index in [4.69, 9.17) is 27.9 Å². The van der Waals surface area contributed by atoms with E-state index < -0.39 is 5.91 Å². The normalized spacial score (nSPS) is 10.8. The Morgan fingerprint density at radius 1 is 1.25 bits per heavy atom. The van der Waals surface area contributed by atoms with Crippen LogP contribution in [0.1, 0.15) is 35.7 Å². The number of benzene rings is 2. The van der Waals surface area contributed by atoms with E-state index in [1.165, 1.54) is 6.07 Å². The van der Waals surface area contributed by atoms with Crippen molar-refractivity contribution >= 4 is 35.3 Å². The van der Waals surface area contributed by atoms with Gasteiger partial charge in [-0.2, -0.15) is 5.10 Å². The number of nitrogens with one attached hydrogen (secondary N) is 1. The van der Waals surface area contributed by atoms with E-state index in [1.807, 2.05) is 24.3 Å². The summed E-state index contributed by atoms with van der Waals surface area (Å²) in [5.74, 6) is 0.378. The second-order valence-corrected chi connectivity index (χ2v) is 5.94. The maximum Gasteiger partial charge on any atom is 0.272 e. The van der Waals surface area contributed by atoms with E-state index in [-0.39, 0.29) is 5.02 Å². The summed E-state index contributed by atoms with van der Waals surface area (Å²) in [5.41, 5.74) is 3.58. The molecule has 0 unspecified atom stereocenters. The molecule has 0 saturated heterocycles. The van der Waals surface area contributed by atoms with Crippen LogP contribution < -0.4 is 10.2 Å². The highest BCUT2D eigenvalue weighted by atomic mass is 35.5. The van der Waals surface area contributed by atoms with Gasteiger partial charge in [0.15, 0.2) is 0 Å². The summed E-state index contributed by atoms with van der Waals surface area (Å²) in [6.45, 7) is 2.80. The van der Waals surface area contributed by atoms with E-state index in [0.717, 1.165) is 24.2 Å². The zero-order chi connectivity index (χ0) is 17.4. The highest BCUT2D eigenvalue weighted by Crippen LogP contribution is 2.20. The van der Waals surface area contributed by atoms with Gasteiger partial charge in [0.1, 0.15) is 5.75 Å². The third kappa shape index (κ3) is 5.55. The number of rotatable bonds is 7. The zero-order valence-electron chi connectivity index (χ0n) is 13.3. The molecule has 2 aromatic rings. The fourth-order valence-electron chi connectivity index (χ4n) is 1.92. The fourth-order valence-corrected chi connectivity index (χ4v) is 2.41. The van der Waals surface area contributed by atoms with Gasteiger partial charge in [-0.3, -0.25) is 4.79 Å². The van der Waals surface area contributed by atoms with Gasteiger partial charge in [-0.1, -0.05) is 48.7 Å². The number of hydrogen-bond donors (Lipinski definition) is 1. The molecular weight excluding hydrogens is 347 g/mol. The van der Waals surface area contributed by atoms with Gasteiger partial charge in [0, 0.05) is 5.02 Å².